The summed E-state index contributed by atoms with van der Waals surface area (Å²) in [5.74, 6) is 0.808. The van der Waals surface area contributed by atoms with Crippen molar-refractivity contribution in [2.75, 3.05) is 0 Å². The molecule has 0 bridgehead atoms. The summed E-state index contributed by atoms with van der Waals surface area (Å²) < 4.78 is 18.8. The molecule has 1 N–H and O–H groups in total. The van der Waals surface area contributed by atoms with E-state index < -0.39 is 6.10 Å². The number of hydrogen-bond acceptors (Lipinski definition) is 2. The van der Waals surface area contributed by atoms with Crippen molar-refractivity contribution in [1.82, 2.24) is 0 Å². The Balaban J connectivity index is 2.17. The molecular weight excluding hydrogens is 243 g/mol. The van der Waals surface area contributed by atoms with E-state index in [0.717, 1.165) is 11.1 Å². The molecule has 0 spiro atoms. The summed E-state index contributed by atoms with van der Waals surface area (Å²) in [4.78, 5) is 0. The van der Waals surface area contributed by atoms with Gasteiger partial charge in [0.25, 0.3) is 0 Å². The molecule has 1 unspecified atom stereocenters. The number of rotatable bonds is 4. The number of hydrogen-bond donors (Lipinski definition) is 1. The van der Waals surface area contributed by atoms with Gasteiger partial charge < -0.3 is 9.84 Å². The molecule has 0 aromatic heterocycles. The Hall–Kier alpha value is -1.87. The highest BCUT2D eigenvalue weighted by molar-refractivity contribution is 5.38. The zero-order valence-electron chi connectivity index (χ0n) is 11.1. The number of ether oxygens (including phenoxy) is 1. The summed E-state index contributed by atoms with van der Waals surface area (Å²) in [5.41, 5.74) is 1.73. The third-order valence-corrected chi connectivity index (χ3v) is 3.03. The summed E-state index contributed by atoms with van der Waals surface area (Å²) in [6.07, 6.45) is 0.216. The molecule has 0 amide bonds. The van der Waals surface area contributed by atoms with Gasteiger partial charge in [-0.3, -0.25) is 0 Å². The SMILES string of the molecule is CCC(O)c1ccc(Oc2cc(F)ccc2C)cc1. The molecule has 0 radical (unpaired) electrons. The van der Waals surface area contributed by atoms with Crippen LogP contribution in [0.4, 0.5) is 4.39 Å². The van der Waals surface area contributed by atoms with E-state index in [1.165, 1.54) is 12.1 Å². The summed E-state index contributed by atoms with van der Waals surface area (Å²) >= 11 is 0. The largest absolute Gasteiger partial charge is 0.457 e. The van der Waals surface area contributed by atoms with Crippen LogP contribution in [0, 0.1) is 12.7 Å². The Morgan fingerprint density at radius 1 is 1.16 bits per heavy atom. The predicted molar refractivity (Wildman–Crippen MR) is 72.9 cm³/mol. The fraction of sp³-hybridized carbons (Fsp3) is 0.250. The van der Waals surface area contributed by atoms with E-state index in [-0.39, 0.29) is 5.82 Å². The Labute approximate surface area is 112 Å². The lowest BCUT2D eigenvalue weighted by atomic mass is 10.1. The third-order valence-electron chi connectivity index (χ3n) is 3.03. The zero-order valence-corrected chi connectivity index (χ0v) is 11.1. The lowest BCUT2D eigenvalue weighted by molar-refractivity contribution is 0.173. The maximum Gasteiger partial charge on any atom is 0.133 e. The molecule has 0 aliphatic carbocycles. The molecule has 0 aliphatic heterocycles. The van der Waals surface area contributed by atoms with Crippen LogP contribution in [0.1, 0.15) is 30.6 Å². The van der Waals surface area contributed by atoms with Crippen molar-refractivity contribution in [3.8, 4) is 11.5 Å². The van der Waals surface area contributed by atoms with Gasteiger partial charge in [-0.1, -0.05) is 25.1 Å². The first-order chi connectivity index (χ1) is 9.10. The van der Waals surface area contributed by atoms with Gasteiger partial charge in [0.05, 0.1) is 6.10 Å². The summed E-state index contributed by atoms with van der Waals surface area (Å²) in [5, 5.41) is 9.70. The molecule has 2 nitrogen and oxygen atoms in total. The highest BCUT2D eigenvalue weighted by atomic mass is 19.1. The van der Waals surface area contributed by atoms with Crippen molar-refractivity contribution < 1.29 is 14.2 Å². The highest BCUT2D eigenvalue weighted by Gasteiger charge is 2.06. The fourth-order valence-electron chi connectivity index (χ4n) is 1.80. The van der Waals surface area contributed by atoms with Crippen LogP contribution in [0.3, 0.4) is 0 Å². The Kier molecular flexibility index (Phi) is 4.17. The van der Waals surface area contributed by atoms with Crippen molar-refractivity contribution >= 4 is 0 Å². The van der Waals surface area contributed by atoms with Gasteiger partial charge in [0, 0.05) is 6.07 Å². The van der Waals surface area contributed by atoms with Crippen LogP contribution in [-0.4, -0.2) is 5.11 Å². The third kappa shape index (κ3) is 3.32. The lowest BCUT2D eigenvalue weighted by Gasteiger charge is -2.11. The van der Waals surface area contributed by atoms with E-state index in [4.69, 9.17) is 4.74 Å². The molecule has 0 aliphatic rings. The van der Waals surface area contributed by atoms with Gasteiger partial charge in [-0.15, -0.1) is 0 Å². The number of halogens is 1. The van der Waals surface area contributed by atoms with Crippen molar-refractivity contribution in [3.63, 3.8) is 0 Å². The predicted octanol–water partition coefficient (Wildman–Crippen LogP) is 4.37. The van der Waals surface area contributed by atoms with E-state index in [9.17, 15) is 9.50 Å². The fourth-order valence-corrected chi connectivity index (χ4v) is 1.80. The number of aliphatic hydroxyl groups excluding tert-OH is 1. The van der Waals surface area contributed by atoms with Crippen LogP contribution in [0.15, 0.2) is 42.5 Å². The molecule has 0 saturated carbocycles. The van der Waals surface area contributed by atoms with E-state index in [1.807, 2.05) is 26.0 Å². The lowest BCUT2D eigenvalue weighted by Crippen LogP contribution is -1.95. The van der Waals surface area contributed by atoms with Gasteiger partial charge in [0.2, 0.25) is 0 Å². The van der Waals surface area contributed by atoms with E-state index >= 15 is 0 Å². The monoisotopic (exact) mass is 260 g/mol. The molecule has 2 rings (SSSR count). The summed E-state index contributed by atoms with van der Waals surface area (Å²) in [6, 6.07) is 11.6. The smallest absolute Gasteiger partial charge is 0.133 e. The minimum Gasteiger partial charge on any atom is -0.457 e. The molecule has 19 heavy (non-hydrogen) atoms. The van der Waals surface area contributed by atoms with Crippen molar-refractivity contribution in [2.45, 2.75) is 26.4 Å². The highest BCUT2D eigenvalue weighted by Crippen LogP contribution is 2.27. The molecule has 3 heteroatoms. The first-order valence-electron chi connectivity index (χ1n) is 6.32. The van der Waals surface area contributed by atoms with Crippen molar-refractivity contribution in [2.24, 2.45) is 0 Å². The second-order valence-electron chi connectivity index (χ2n) is 4.50. The van der Waals surface area contributed by atoms with Crippen LogP contribution in [0.2, 0.25) is 0 Å². The standard InChI is InChI=1S/C16H17FO2/c1-3-15(18)12-5-8-14(9-6-12)19-16-10-13(17)7-4-11(16)2/h4-10,15,18H,3H2,1-2H3. The van der Waals surface area contributed by atoms with Crippen molar-refractivity contribution in [3.05, 3.63) is 59.4 Å². The maximum absolute atomic E-state index is 13.2. The second-order valence-corrected chi connectivity index (χ2v) is 4.50. The van der Waals surface area contributed by atoms with Gasteiger partial charge >= 0.3 is 0 Å². The quantitative estimate of drug-likeness (QED) is 0.884. The summed E-state index contributed by atoms with van der Waals surface area (Å²) in [7, 11) is 0. The second kappa shape index (κ2) is 5.85. The van der Waals surface area contributed by atoms with Crippen molar-refractivity contribution in [1.29, 1.82) is 0 Å². The first-order valence-corrected chi connectivity index (χ1v) is 6.32. The van der Waals surface area contributed by atoms with Crippen LogP contribution in [-0.2, 0) is 0 Å². The summed E-state index contributed by atoms with van der Waals surface area (Å²) in [6.45, 7) is 3.79. The molecule has 2 aromatic carbocycles. The number of aryl methyl sites for hydroxylation is 1. The molecule has 2 aromatic rings. The first kappa shape index (κ1) is 13.6. The van der Waals surface area contributed by atoms with Crippen LogP contribution < -0.4 is 4.74 Å². The molecule has 0 saturated heterocycles. The van der Waals surface area contributed by atoms with Gasteiger partial charge in [-0.05, 0) is 42.7 Å². The minimum atomic E-state index is -0.454. The van der Waals surface area contributed by atoms with E-state index in [0.29, 0.717) is 17.9 Å². The zero-order chi connectivity index (χ0) is 13.8. The van der Waals surface area contributed by atoms with Gasteiger partial charge in [-0.25, -0.2) is 4.39 Å². The average molecular weight is 260 g/mol. The molecule has 0 fully saturated rings. The number of benzene rings is 2. The number of aliphatic hydroxyl groups is 1. The maximum atomic E-state index is 13.2. The molecule has 0 heterocycles. The molecule has 100 valence electrons. The Morgan fingerprint density at radius 2 is 1.84 bits per heavy atom. The van der Waals surface area contributed by atoms with Gasteiger partial charge in [0.1, 0.15) is 17.3 Å². The van der Waals surface area contributed by atoms with Gasteiger partial charge in [0.15, 0.2) is 0 Å². The van der Waals surface area contributed by atoms with E-state index in [2.05, 4.69) is 0 Å². The van der Waals surface area contributed by atoms with Crippen LogP contribution in [0.5, 0.6) is 11.5 Å². The normalized spacial score (nSPS) is 12.2. The van der Waals surface area contributed by atoms with Crippen LogP contribution >= 0.6 is 0 Å². The van der Waals surface area contributed by atoms with Gasteiger partial charge in [-0.2, -0.15) is 0 Å². The topological polar surface area (TPSA) is 29.5 Å². The molecule has 1 atom stereocenters. The van der Waals surface area contributed by atoms with Crippen LogP contribution in [0.25, 0.3) is 0 Å². The Bertz CT molecular complexity index is 549. The average Bonchev–Trinajstić information content (AvgIpc) is 2.43. The molecular formula is C16H17FO2. The minimum absolute atomic E-state index is 0.321. The van der Waals surface area contributed by atoms with E-state index in [1.54, 1.807) is 18.2 Å². The Morgan fingerprint density at radius 3 is 2.47 bits per heavy atom.